The molecule has 0 saturated heterocycles. The molecule has 0 fully saturated rings. The Kier molecular flexibility index (Phi) is 9.25. The molecule has 3 N–H and O–H groups in total. The number of anilines is 1. The Bertz CT molecular complexity index is 848. The molecule has 1 amide bonds. The number of amides is 1. The molecule has 1 atom stereocenters. The number of pyridine rings is 1. The number of nitrogens with one attached hydrogen (secondary N) is 1. The van der Waals surface area contributed by atoms with Gasteiger partial charge in [-0.2, -0.15) is 0 Å². The van der Waals surface area contributed by atoms with Gasteiger partial charge in [-0.1, -0.05) is 19.9 Å². The van der Waals surface area contributed by atoms with Crippen LogP contribution in [0.4, 0.5) is 5.69 Å². The summed E-state index contributed by atoms with van der Waals surface area (Å²) in [6.45, 7) is 4.47. The van der Waals surface area contributed by atoms with E-state index < -0.39 is 6.04 Å². The fourth-order valence-electron chi connectivity index (χ4n) is 2.70. The van der Waals surface area contributed by atoms with Gasteiger partial charge in [-0.25, -0.2) is 4.98 Å². The minimum atomic E-state index is -0.499. The Morgan fingerprint density at radius 2 is 1.89 bits per heavy atom. The zero-order chi connectivity index (χ0) is 18.5. The number of fused-ring (bicyclic) bond motifs is 1. The summed E-state index contributed by atoms with van der Waals surface area (Å²) in [6.07, 6.45) is 4.55. The van der Waals surface area contributed by atoms with Crippen LogP contribution in [-0.4, -0.2) is 21.3 Å². The second kappa shape index (κ2) is 10.9. The van der Waals surface area contributed by atoms with E-state index in [0.29, 0.717) is 30.4 Å². The lowest BCUT2D eigenvalue weighted by Crippen LogP contribution is -2.36. The van der Waals surface area contributed by atoms with Crippen molar-refractivity contribution in [3.63, 3.8) is 0 Å². The van der Waals surface area contributed by atoms with Crippen LogP contribution in [-0.2, 0) is 11.4 Å². The van der Waals surface area contributed by atoms with E-state index in [1.54, 1.807) is 12.1 Å². The Labute approximate surface area is 177 Å². The van der Waals surface area contributed by atoms with Gasteiger partial charge in [-0.3, -0.25) is 4.79 Å². The van der Waals surface area contributed by atoms with Crippen molar-refractivity contribution in [3.8, 4) is 5.75 Å². The monoisotopic (exact) mass is 424 g/mol. The molecule has 2 aromatic heterocycles. The predicted molar refractivity (Wildman–Crippen MR) is 117 cm³/mol. The minimum absolute atomic E-state index is 0. The van der Waals surface area contributed by atoms with Crippen LogP contribution in [0.3, 0.4) is 0 Å². The third-order valence-corrected chi connectivity index (χ3v) is 3.98. The first kappa shape index (κ1) is 23.8. The van der Waals surface area contributed by atoms with E-state index in [1.807, 2.05) is 61.0 Å². The average Bonchev–Trinajstić information content (AvgIpc) is 3.03. The van der Waals surface area contributed by atoms with E-state index in [2.05, 4.69) is 10.3 Å². The average molecular weight is 425 g/mol. The van der Waals surface area contributed by atoms with Crippen LogP contribution in [0, 0.1) is 5.92 Å². The molecule has 6 nitrogen and oxygen atoms in total. The summed E-state index contributed by atoms with van der Waals surface area (Å²) in [4.78, 5) is 16.5. The number of aromatic nitrogens is 2. The Morgan fingerprint density at radius 3 is 2.54 bits per heavy atom. The van der Waals surface area contributed by atoms with Crippen molar-refractivity contribution in [3.05, 3.63) is 60.6 Å². The number of carbonyl (C=O) groups excluding carboxylic acids is 1. The van der Waals surface area contributed by atoms with E-state index in [0.717, 1.165) is 11.3 Å². The number of benzene rings is 1. The van der Waals surface area contributed by atoms with Gasteiger partial charge < -0.3 is 20.2 Å². The van der Waals surface area contributed by atoms with Crippen molar-refractivity contribution in [2.45, 2.75) is 32.9 Å². The molecule has 152 valence electrons. The zero-order valence-electron chi connectivity index (χ0n) is 15.9. The maximum absolute atomic E-state index is 12.1. The summed E-state index contributed by atoms with van der Waals surface area (Å²) in [5.74, 6) is 0.926. The molecule has 0 aliphatic rings. The Morgan fingerprint density at radius 1 is 1.18 bits per heavy atom. The van der Waals surface area contributed by atoms with Crippen LogP contribution in [0.15, 0.2) is 54.9 Å². The summed E-state index contributed by atoms with van der Waals surface area (Å²) >= 11 is 0. The lowest BCUT2D eigenvalue weighted by molar-refractivity contribution is -0.117. The zero-order valence-corrected chi connectivity index (χ0v) is 17.5. The Hall–Kier alpha value is -2.28. The molecule has 0 saturated carbocycles. The van der Waals surface area contributed by atoms with E-state index in [1.165, 1.54) is 0 Å². The third-order valence-electron chi connectivity index (χ3n) is 3.98. The first-order valence-corrected chi connectivity index (χ1v) is 8.73. The highest BCUT2D eigenvalue weighted by Crippen LogP contribution is 2.18. The minimum Gasteiger partial charge on any atom is -0.487 e. The molecule has 8 heteroatoms. The summed E-state index contributed by atoms with van der Waals surface area (Å²) < 4.78 is 7.72. The van der Waals surface area contributed by atoms with E-state index in [-0.39, 0.29) is 30.7 Å². The van der Waals surface area contributed by atoms with Crippen molar-refractivity contribution in [1.29, 1.82) is 0 Å². The number of hydrogen-bond donors (Lipinski definition) is 2. The number of halogens is 2. The fourth-order valence-corrected chi connectivity index (χ4v) is 2.70. The van der Waals surface area contributed by atoms with Crippen LogP contribution in [0.2, 0.25) is 0 Å². The SMILES string of the molecule is CC(C)C[C@H](N)C(=O)Nc1ccc(OCc2cn3ccccc3n2)cc1.Cl.Cl. The van der Waals surface area contributed by atoms with Crippen molar-refractivity contribution in [2.75, 3.05) is 5.32 Å². The summed E-state index contributed by atoms with van der Waals surface area (Å²) in [6, 6.07) is 12.6. The molecule has 0 spiro atoms. The van der Waals surface area contributed by atoms with Crippen LogP contribution in [0.5, 0.6) is 5.75 Å². The van der Waals surface area contributed by atoms with Gasteiger partial charge in [0, 0.05) is 18.1 Å². The third kappa shape index (κ3) is 6.41. The van der Waals surface area contributed by atoms with E-state index >= 15 is 0 Å². The topological polar surface area (TPSA) is 81.7 Å². The first-order chi connectivity index (χ1) is 12.5. The van der Waals surface area contributed by atoms with Gasteiger partial charge in [0.15, 0.2) is 0 Å². The molecular formula is C20H26Cl2N4O2. The quantitative estimate of drug-likeness (QED) is 0.598. The molecule has 28 heavy (non-hydrogen) atoms. The maximum atomic E-state index is 12.1. The van der Waals surface area contributed by atoms with Crippen molar-refractivity contribution in [2.24, 2.45) is 11.7 Å². The van der Waals surface area contributed by atoms with Gasteiger partial charge in [-0.15, -0.1) is 24.8 Å². The van der Waals surface area contributed by atoms with E-state index in [9.17, 15) is 4.79 Å². The van der Waals surface area contributed by atoms with Crippen LogP contribution < -0.4 is 15.8 Å². The molecule has 0 radical (unpaired) electrons. The predicted octanol–water partition coefficient (Wildman–Crippen LogP) is 4.07. The van der Waals surface area contributed by atoms with Gasteiger partial charge in [0.2, 0.25) is 5.91 Å². The second-order valence-corrected chi connectivity index (χ2v) is 6.74. The summed E-state index contributed by atoms with van der Waals surface area (Å²) in [5, 5.41) is 2.83. The number of nitrogens with zero attached hydrogens (tertiary/aromatic N) is 2. The molecule has 2 heterocycles. The number of nitrogens with two attached hydrogens (primary N) is 1. The molecule has 0 unspecified atom stereocenters. The number of carbonyl (C=O) groups is 1. The molecule has 0 bridgehead atoms. The van der Waals surface area contributed by atoms with Crippen molar-refractivity contribution in [1.82, 2.24) is 9.38 Å². The molecule has 0 aliphatic heterocycles. The highest BCUT2D eigenvalue weighted by Gasteiger charge is 2.15. The smallest absolute Gasteiger partial charge is 0.241 e. The fraction of sp³-hybridized carbons (Fsp3) is 0.300. The second-order valence-electron chi connectivity index (χ2n) is 6.74. The standard InChI is InChI=1S/C20H24N4O2.2ClH/c1-14(2)11-18(21)20(25)23-15-6-8-17(9-7-15)26-13-16-12-24-10-4-3-5-19(24)22-16;;/h3-10,12,14,18H,11,13,21H2,1-2H3,(H,23,25);2*1H/t18-;;/m0../s1. The first-order valence-electron chi connectivity index (χ1n) is 8.73. The molecular weight excluding hydrogens is 399 g/mol. The lowest BCUT2D eigenvalue weighted by atomic mass is 10.0. The maximum Gasteiger partial charge on any atom is 0.241 e. The number of ether oxygens (including phenoxy) is 1. The van der Waals surface area contributed by atoms with Crippen LogP contribution in [0.25, 0.3) is 5.65 Å². The summed E-state index contributed by atoms with van der Waals surface area (Å²) in [7, 11) is 0. The summed E-state index contributed by atoms with van der Waals surface area (Å²) in [5.41, 5.74) is 8.34. The number of imidazole rings is 1. The molecule has 1 aromatic carbocycles. The van der Waals surface area contributed by atoms with Gasteiger partial charge in [0.25, 0.3) is 0 Å². The highest BCUT2D eigenvalue weighted by molar-refractivity contribution is 5.94. The molecule has 3 aromatic rings. The van der Waals surface area contributed by atoms with E-state index in [4.69, 9.17) is 10.5 Å². The van der Waals surface area contributed by atoms with Gasteiger partial charge in [0.1, 0.15) is 18.0 Å². The lowest BCUT2D eigenvalue weighted by Gasteiger charge is -2.14. The van der Waals surface area contributed by atoms with Crippen LogP contribution >= 0.6 is 24.8 Å². The highest BCUT2D eigenvalue weighted by atomic mass is 35.5. The van der Waals surface area contributed by atoms with Crippen LogP contribution in [0.1, 0.15) is 26.0 Å². The molecule has 3 rings (SSSR count). The largest absolute Gasteiger partial charge is 0.487 e. The normalized spacial score (nSPS) is 11.4. The van der Waals surface area contributed by atoms with Crippen molar-refractivity contribution < 1.29 is 9.53 Å². The number of rotatable bonds is 7. The van der Waals surface area contributed by atoms with Crippen molar-refractivity contribution >= 4 is 42.1 Å². The Balaban J connectivity index is 0.00000196. The van der Waals surface area contributed by atoms with Gasteiger partial charge in [-0.05, 0) is 48.7 Å². The van der Waals surface area contributed by atoms with Gasteiger partial charge >= 0.3 is 0 Å². The molecule has 0 aliphatic carbocycles. The van der Waals surface area contributed by atoms with Gasteiger partial charge in [0.05, 0.1) is 11.7 Å². The number of hydrogen-bond acceptors (Lipinski definition) is 4.